The number of carbonyl (C=O) groups excluding carboxylic acids is 1. The van der Waals surface area contributed by atoms with Crippen LogP contribution in [0.1, 0.15) is 15.9 Å². The van der Waals surface area contributed by atoms with Gasteiger partial charge in [-0.1, -0.05) is 27.5 Å². The van der Waals surface area contributed by atoms with E-state index >= 15 is 0 Å². The fourth-order valence-electron chi connectivity index (χ4n) is 1.12. The summed E-state index contributed by atoms with van der Waals surface area (Å²) in [5, 5.41) is 10.8. The molecule has 0 amide bonds. The highest BCUT2D eigenvalue weighted by Crippen LogP contribution is 2.29. The Bertz CT molecular complexity index is 434. The number of aryl methyl sites for hydroxylation is 1. The molecule has 0 fully saturated rings. The van der Waals surface area contributed by atoms with E-state index in [-0.39, 0.29) is 21.8 Å². The third-order valence-electron chi connectivity index (χ3n) is 1.88. The van der Waals surface area contributed by atoms with Crippen LogP contribution in [0, 0.1) is 17.0 Å². The largest absolute Gasteiger partial charge is 0.293 e. The Hall–Kier alpha value is -0.940. The van der Waals surface area contributed by atoms with Gasteiger partial charge in [-0.3, -0.25) is 14.9 Å². The second-order valence-electron chi connectivity index (χ2n) is 2.94. The Morgan fingerprint density at radius 2 is 2.20 bits per heavy atom. The molecule has 0 N–H and O–H groups in total. The molecule has 6 heteroatoms. The topological polar surface area (TPSA) is 60.2 Å². The lowest BCUT2D eigenvalue weighted by atomic mass is 10.1. The molecule has 0 atom stereocenters. The summed E-state index contributed by atoms with van der Waals surface area (Å²) in [5.74, 6) is -0.210. The molecule has 1 aromatic rings. The SMILES string of the molecule is Cc1cc(C(=O)CBr)cc([N+](=O)[O-])c1Cl. The van der Waals surface area contributed by atoms with Gasteiger partial charge in [-0.15, -0.1) is 0 Å². The molecule has 1 rings (SSSR count). The van der Waals surface area contributed by atoms with Gasteiger partial charge in [0.2, 0.25) is 0 Å². The zero-order chi connectivity index (χ0) is 11.6. The monoisotopic (exact) mass is 291 g/mol. The number of alkyl halides is 1. The van der Waals surface area contributed by atoms with Crippen molar-refractivity contribution < 1.29 is 9.72 Å². The van der Waals surface area contributed by atoms with Gasteiger partial charge in [0.25, 0.3) is 5.69 Å². The highest BCUT2D eigenvalue weighted by atomic mass is 79.9. The molecule has 0 bridgehead atoms. The number of nitrogens with zero attached hydrogens (tertiary/aromatic N) is 1. The lowest BCUT2D eigenvalue weighted by Crippen LogP contribution is -2.02. The highest BCUT2D eigenvalue weighted by Gasteiger charge is 2.18. The van der Waals surface area contributed by atoms with Crippen LogP contribution in [0.3, 0.4) is 0 Å². The Kier molecular flexibility index (Phi) is 3.82. The minimum atomic E-state index is -0.597. The highest BCUT2D eigenvalue weighted by molar-refractivity contribution is 9.09. The van der Waals surface area contributed by atoms with Crippen molar-refractivity contribution >= 4 is 39.0 Å². The molecule has 80 valence electrons. The molecule has 0 aromatic heterocycles. The van der Waals surface area contributed by atoms with Crippen LogP contribution < -0.4 is 0 Å². The van der Waals surface area contributed by atoms with E-state index in [1.807, 2.05) is 0 Å². The summed E-state index contributed by atoms with van der Waals surface area (Å²) in [7, 11) is 0. The smallest absolute Gasteiger partial charge is 0.288 e. The average molecular weight is 293 g/mol. The van der Waals surface area contributed by atoms with Crippen LogP contribution in [0.25, 0.3) is 0 Å². The summed E-state index contributed by atoms with van der Waals surface area (Å²) in [4.78, 5) is 21.4. The molecule has 0 radical (unpaired) electrons. The lowest BCUT2D eigenvalue weighted by molar-refractivity contribution is -0.384. The first-order valence-corrected chi connectivity index (χ1v) is 5.51. The molecule has 1 aromatic carbocycles. The van der Waals surface area contributed by atoms with Crippen LogP contribution in [0.5, 0.6) is 0 Å². The molecular weight excluding hydrogens is 285 g/mol. The van der Waals surface area contributed by atoms with E-state index in [4.69, 9.17) is 11.6 Å². The zero-order valence-corrected chi connectivity index (χ0v) is 10.1. The van der Waals surface area contributed by atoms with Crippen molar-refractivity contribution in [2.75, 3.05) is 5.33 Å². The first-order chi connectivity index (χ1) is 6.97. The van der Waals surface area contributed by atoms with E-state index < -0.39 is 4.92 Å². The van der Waals surface area contributed by atoms with Gasteiger partial charge in [0.1, 0.15) is 5.02 Å². The van der Waals surface area contributed by atoms with Gasteiger partial charge in [-0.25, -0.2) is 0 Å². The average Bonchev–Trinajstić information content (AvgIpc) is 2.20. The summed E-state index contributed by atoms with van der Waals surface area (Å²) in [6.45, 7) is 1.63. The normalized spacial score (nSPS) is 10.1. The van der Waals surface area contributed by atoms with Crippen molar-refractivity contribution in [1.29, 1.82) is 0 Å². The first-order valence-electron chi connectivity index (χ1n) is 4.01. The Labute approximate surface area is 99.5 Å². The molecule has 0 saturated carbocycles. The van der Waals surface area contributed by atoms with Gasteiger partial charge >= 0.3 is 0 Å². The number of carbonyl (C=O) groups is 1. The third kappa shape index (κ3) is 2.54. The van der Waals surface area contributed by atoms with Crippen LogP contribution in [0.2, 0.25) is 5.02 Å². The number of hydrogen-bond donors (Lipinski definition) is 0. The number of ketones is 1. The van der Waals surface area contributed by atoms with Crippen LogP contribution in [0.4, 0.5) is 5.69 Å². The summed E-state index contributed by atoms with van der Waals surface area (Å²) < 4.78 is 0. The predicted octanol–water partition coefficient (Wildman–Crippen LogP) is 3.13. The molecule has 4 nitrogen and oxygen atoms in total. The maximum Gasteiger partial charge on any atom is 0.288 e. The van der Waals surface area contributed by atoms with Crippen LogP contribution in [-0.2, 0) is 0 Å². The van der Waals surface area contributed by atoms with E-state index in [0.29, 0.717) is 11.1 Å². The molecule has 0 aliphatic carbocycles. The minimum Gasteiger partial charge on any atom is -0.293 e. The number of halogens is 2. The van der Waals surface area contributed by atoms with Gasteiger partial charge in [-0.05, 0) is 18.6 Å². The van der Waals surface area contributed by atoms with Crippen molar-refractivity contribution in [3.63, 3.8) is 0 Å². The Morgan fingerprint density at radius 1 is 1.60 bits per heavy atom. The van der Waals surface area contributed by atoms with Gasteiger partial charge in [0, 0.05) is 11.6 Å². The van der Waals surface area contributed by atoms with Crippen molar-refractivity contribution in [1.82, 2.24) is 0 Å². The number of rotatable bonds is 3. The standard InChI is InChI=1S/C9H7BrClNO3/c1-5-2-6(8(13)4-10)3-7(9(5)11)12(14)15/h2-3H,4H2,1H3. The van der Waals surface area contributed by atoms with Gasteiger partial charge in [0.05, 0.1) is 10.3 Å². The van der Waals surface area contributed by atoms with Crippen molar-refractivity contribution in [3.05, 3.63) is 38.4 Å². The number of nitro groups is 1. The fraction of sp³-hybridized carbons (Fsp3) is 0.222. The van der Waals surface area contributed by atoms with Gasteiger partial charge in [0.15, 0.2) is 5.78 Å². The van der Waals surface area contributed by atoms with Crippen molar-refractivity contribution in [2.24, 2.45) is 0 Å². The summed E-state index contributed by atoms with van der Waals surface area (Å²) in [6, 6.07) is 2.73. The molecule has 0 heterocycles. The number of Topliss-reactive ketones (excluding diaryl/α,β-unsaturated/α-hetero) is 1. The van der Waals surface area contributed by atoms with E-state index in [1.165, 1.54) is 6.07 Å². The quantitative estimate of drug-likeness (QED) is 0.372. The van der Waals surface area contributed by atoms with Gasteiger partial charge < -0.3 is 0 Å². The molecular formula is C9H7BrClNO3. The van der Waals surface area contributed by atoms with E-state index in [1.54, 1.807) is 13.0 Å². The van der Waals surface area contributed by atoms with Crippen LogP contribution >= 0.6 is 27.5 Å². The lowest BCUT2D eigenvalue weighted by Gasteiger charge is -2.03. The summed E-state index contributed by atoms with van der Waals surface area (Å²) in [5.41, 5.74) is 0.580. The second-order valence-corrected chi connectivity index (χ2v) is 3.88. The van der Waals surface area contributed by atoms with E-state index in [0.717, 1.165) is 0 Å². The molecule has 0 aliphatic rings. The predicted molar refractivity (Wildman–Crippen MR) is 61.0 cm³/mol. The van der Waals surface area contributed by atoms with E-state index in [9.17, 15) is 14.9 Å². The minimum absolute atomic E-state index is 0.0751. The summed E-state index contributed by atoms with van der Waals surface area (Å²) in [6.07, 6.45) is 0. The molecule has 15 heavy (non-hydrogen) atoms. The second kappa shape index (κ2) is 4.72. The molecule has 0 aliphatic heterocycles. The third-order valence-corrected chi connectivity index (χ3v) is 2.88. The van der Waals surface area contributed by atoms with Crippen LogP contribution in [0.15, 0.2) is 12.1 Å². The maximum absolute atomic E-state index is 11.3. The van der Waals surface area contributed by atoms with Crippen molar-refractivity contribution in [3.8, 4) is 0 Å². The van der Waals surface area contributed by atoms with Gasteiger partial charge in [-0.2, -0.15) is 0 Å². The van der Waals surface area contributed by atoms with Crippen LogP contribution in [-0.4, -0.2) is 16.0 Å². The fourth-order valence-corrected chi connectivity index (χ4v) is 1.62. The number of nitro benzene ring substituents is 1. The van der Waals surface area contributed by atoms with E-state index in [2.05, 4.69) is 15.9 Å². The zero-order valence-electron chi connectivity index (χ0n) is 7.79. The summed E-state index contributed by atoms with van der Waals surface area (Å²) >= 11 is 8.75. The maximum atomic E-state index is 11.3. The number of hydrogen-bond acceptors (Lipinski definition) is 3. The molecule has 0 spiro atoms. The molecule has 0 unspecified atom stereocenters. The van der Waals surface area contributed by atoms with Crippen molar-refractivity contribution in [2.45, 2.75) is 6.92 Å². The Morgan fingerprint density at radius 3 is 2.67 bits per heavy atom. The molecule has 0 saturated heterocycles. The first kappa shape index (κ1) is 12.1. The number of benzene rings is 1. The Balaban J connectivity index is 3.35.